The first-order valence-corrected chi connectivity index (χ1v) is 9.02. The van der Waals surface area contributed by atoms with Crippen molar-refractivity contribution in [1.29, 1.82) is 0 Å². The molecule has 2 heterocycles. The summed E-state index contributed by atoms with van der Waals surface area (Å²) in [5.41, 5.74) is 0.598. The van der Waals surface area contributed by atoms with E-state index in [1.807, 2.05) is 0 Å². The fourth-order valence-corrected chi connectivity index (χ4v) is 4.61. The highest BCUT2D eigenvalue weighted by atomic mass is 32.1. The van der Waals surface area contributed by atoms with Gasteiger partial charge in [0.2, 0.25) is 0 Å². The molecule has 3 rings (SSSR count). The van der Waals surface area contributed by atoms with Crippen molar-refractivity contribution in [3.8, 4) is 0 Å². The van der Waals surface area contributed by atoms with Crippen LogP contribution in [0, 0.1) is 5.92 Å². The van der Waals surface area contributed by atoms with Crippen LogP contribution in [0.1, 0.15) is 42.5 Å². The maximum Gasteiger partial charge on any atom is 0.311 e. The van der Waals surface area contributed by atoms with Crippen molar-refractivity contribution >= 4 is 27.5 Å². The summed E-state index contributed by atoms with van der Waals surface area (Å²) < 4.78 is 6.84. The van der Waals surface area contributed by atoms with Crippen molar-refractivity contribution in [3.63, 3.8) is 0 Å². The van der Waals surface area contributed by atoms with Gasteiger partial charge in [0.05, 0.1) is 17.9 Å². The lowest BCUT2D eigenvalue weighted by atomic mass is 10.0. The summed E-state index contributed by atoms with van der Waals surface area (Å²) in [5, 5.41) is 9.99. The van der Waals surface area contributed by atoms with Crippen LogP contribution in [0.2, 0.25) is 0 Å². The summed E-state index contributed by atoms with van der Waals surface area (Å²) in [4.78, 5) is 31.0. The molecule has 7 heteroatoms. The van der Waals surface area contributed by atoms with Crippen molar-refractivity contribution in [2.24, 2.45) is 5.92 Å². The number of carboxylic acid groups (broad SMARTS) is 1. The number of aromatic nitrogens is 2. The van der Waals surface area contributed by atoms with Crippen LogP contribution in [0.25, 0.3) is 10.2 Å². The zero-order chi connectivity index (χ0) is 17.4. The number of carbonyl (C=O) groups is 1. The van der Waals surface area contributed by atoms with Gasteiger partial charge in [0.25, 0.3) is 5.56 Å². The lowest BCUT2D eigenvalue weighted by Crippen LogP contribution is -2.28. The third-order valence-corrected chi connectivity index (χ3v) is 5.55. The van der Waals surface area contributed by atoms with Gasteiger partial charge in [-0.05, 0) is 24.3 Å². The van der Waals surface area contributed by atoms with E-state index in [4.69, 9.17) is 9.72 Å². The van der Waals surface area contributed by atoms with Crippen LogP contribution in [0.5, 0.6) is 0 Å². The third kappa shape index (κ3) is 2.86. The lowest BCUT2D eigenvalue weighted by molar-refractivity contribution is -0.138. The molecule has 6 nitrogen and oxygen atoms in total. The highest BCUT2D eigenvalue weighted by Gasteiger charge is 2.34. The summed E-state index contributed by atoms with van der Waals surface area (Å²) >= 11 is 1.47. The summed E-state index contributed by atoms with van der Waals surface area (Å²) in [6, 6.07) is 0. The molecule has 0 fully saturated rings. The van der Waals surface area contributed by atoms with Gasteiger partial charge in [-0.1, -0.05) is 13.8 Å². The Morgan fingerprint density at radius 3 is 2.88 bits per heavy atom. The molecule has 0 aliphatic heterocycles. The number of thiophene rings is 1. The van der Waals surface area contributed by atoms with Crippen molar-refractivity contribution in [2.45, 2.75) is 45.6 Å². The van der Waals surface area contributed by atoms with Crippen molar-refractivity contribution < 1.29 is 14.6 Å². The van der Waals surface area contributed by atoms with Crippen LogP contribution in [0.4, 0.5) is 0 Å². The maximum atomic E-state index is 13.1. The summed E-state index contributed by atoms with van der Waals surface area (Å²) in [5.74, 6) is -0.424. The SMILES string of the molecule is COCCc1nc2sc3c(c2c(=O)n1CC(C)C)C(C(=O)O)CC3. The number of aryl methyl sites for hydroxylation is 1. The smallest absolute Gasteiger partial charge is 0.311 e. The fraction of sp³-hybridized carbons (Fsp3) is 0.588. The number of carboxylic acids is 1. The first kappa shape index (κ1) is 17.1. The van der Waals surface area contributed by atoms with Gasteiger partial charge in [0.15, 0.2) is 0 Å². The zero-order valence-corrected chi connectivity index (χ0v) is 15.0. The molecular weight excluding hydrogens is 328 g/mol. The minimum Gasteiger partial charge on any atom is -0.481 e. The molecule has 24 heavy (non-hydrogen) atoms. The lowest BCUT2D eigenvalue weighted by Gasteiger charge is -2.15. The van der Waals surface area contributed by atoms with E-state index in [9.17, 15) is 14.7 Å². The molecule has 1 atom stereocenters. The van der Waals surface area contributed by atoms with E-state index >= 15 is 0 Å². The molecule has 0 amide bonds. The second-order valence-corrected chi connectivity index (χ2v) is 7.71. The molecule has 0 aromatic carbocycles. The Morgan fingerprint density at radius 1 is 1.50 bits per heavy atom. The van der Waals surface area contributed by atoms with Crippen LogP contribution in [-0.2, 0) is 28.9 Å². The number of nitrogens with zero attached hydrogens (tertiary/aromatic N) is 2. The molecule has 1 unspecified atom stereocenters. The maximum absolute atomic E-state index is 13.1. The van der Waals surface area contributed by atoms with Crippen LogP contribution >= 0.6 is 11.3 Å². The molecule has 0 radical (unpaired) electrons. The van der Waals surface area contributed by atoms with E-state index < -0.39 is 11.9 Å². The van der Waals surface area contributed by atoms with Crippen LogP contribution in [0.15, 0.2) is 4.79 Å². The Morgan fingerprint density at radius 2 is 2.25 bits per heavy atom. The van der Waals surface area contributed by atoms with E-state index in [0.29, 0.717) is 54.1 Å². The second-order valence-electron chi connectivity index (χ2n) is 6.63. The highest BCUT2D eigenvalue weighted by molar-refractivity contribution is 7.18. The standard InChI is InChI=1S/C17H22N2O4S/c1-9(2)8-19-12(6-7-23-3)18-15-14(16(19)20)13-10(17(21)22)4-5-11(13)24-15/h9-10H,4-8H2,1-3H3,(H,21,22). The number of hydrogen-bond donors (Lipinski definition) is 1. The predicted octanol–water partition coefficient (Wildman–Crippen LogP) is 2.42. The Balaban J connectivity index is 2.22. The number of ether oxygens (including phenoxy) is 1. The third-order valence-electron chi connectivity index (χ3n) is 4.39. The molecule has 1 aliphatic carbocycles. The molecule has 2 aromatic rings. The molecule has 0 spiro atoms. The van der Waals surface area contributed by atoms with Crippen molar-refractivity contribution in [2.75, 3.05) is 13.7 Å². The Bertz CT molecular complexity index is 837. The van der Waals surface area contributed by atoms with Gasteiger partial charge in [-0.2, -0.15) is 0 Å². The second kappa shape index (κ2) is 6.64. The molecule has 130 valence electrons. The van der Waals surface area contributed by atoms with Gasteiger partial charge < -0.3 is 9.84 Å². The quantitative estimate of drug-likeness (QED) is 0.865. The molecular formula is C17H22N2O4S. The monoisotopic (exact) mass is 350 g/mol. The number of hydrogen-bond acceptors (Lipinski definition) is 5. The Kier molecular flexibility index (Phi) is 4.73. The van der Waals surface area contributed by atoms with Crippen LogP contribution in [-0.4, -0.2) is 34.3 Å². The summed E-state index contributed by atoms with van der Waals surface area (Å²) in [6.07, 6.45) is 1.85. The first-order chi connectivity index (χ1) is 11.4. The summed E-state index contributed by atoms with van der Waals surface area (Å²) in [7, 11) is 1.63. The zero-order valence-electron chi connectivity index (χ0n) is 14.2. The van der Waals surface area contributed by atoms with Gasteiger partial charge in [-0.3, -0.25) is 14.2 Å². The highest BCUT2D eigenvalue weighted by Crippen LogP contribution is 2.42. The van der Waals surface area contributed by atoms with Gasteiger partial charge in [-0.15, -0.1) is 11.3 Å². The van der Waals surface area contributed by atoms with Crippen molar-refractivity contribution in [3.05, 3.63) is 26.6 Å². The van der Waals surface area contributed by atoms with E-state index in [0.717, 1.165) is 10.7 Å². The summed E-state index contributed by atoms with van der Waals surface area (Å²) in [6.45, 7) is 5.17. The number of rotatable bonds is 6. The van der Waals surface area contributed by atoms with Crippen molar-refractivity contribution in [1.82, 2.24) is 9.55 Å². The fourth-order valence-electron chi connectivity index (χ4n) is 3.35. The van der Waals surface area contributed by atoms with E-state index in [1.165, 1.54) is 11.3 Å². The molecule has 0 saturated carbocycles. The topological polar surface area (TPSA) is 81.4 Å². The molecule has 2 aromatic heterocycles. The van der Waals surface area contributed by atoms with Gasteiger partial charge in [-0.25, -0.2) is 4.98 Å². The first-order valence-electron chi connectivity index (χ1n) is 8.20. The van der Waals surface area contributed by atoms with E-state index in [-0.39, 0.29) is 5.56 Å². The predicted molar refractivity (Wildman–Crippen MR) is 93.0 cm³/mol. The molecule has 1 N–H and O–H groups in total. The number of aliphatic carboxylic acids is 1. The van der Waals surface area contributed by atoms with Gasteiger partial charge in [0.1, 0.15) is 10.7 Å². The van der Waals surface area contributed by atoms with Gasteiger partial charge in [0, 0.05) is 25.0 Å². The van der Waals surface area contributed by atoms with Crippen LogP contribution < -0.4 is 5.56 Å². The number of fused-ring (bicyclic) bond motifs is 3. The Labute approximate surface area is 144 Å². The molecule has 0 bridgehead atoms. The van der Waals surface area contributed by atoms with Crippen LogP contribution in [0.3, 0.4) is 0 Å². The average molecular weight is 350 g/mol. The van der Waals surface area contributed by atoms with Gasteiger partial charge >= 0.3 is 5.97 Å². The minimum atomic E-state index is -0.855. The largest absolute Gasteiger partial charge is 0.481 e. The van der Waals surface area contributed by atoms with E-state index in [1.54, 1.807) is 11.7 Å². The molecule has 0 saturated heterocycles. The number of methoxy groups -OCH3 is 1. The Hall–Kier alpha value is -1.73. The van der Waals surface area contributed by atoms with E-state index in [2.05, 4.69) is 13.8 Å². The minimum absolute atomic E-state index is 0.106. The average Bonchev–Trinajstić information content (AvgIpc) is 3.06. The molecule has 1 aliphatic rings. The normalized spacial score (nSPS) is 16.9.